The lowest BCUT2D eigenvalue weighted by atomic mass is 10.0. The van der Waals surface area contributed by atoms with E-state index in [-0.39, 0.29) is 5.91 Å². The number of carbonyl (C=O) groups excluding carboxylic acids is 1. The molecule has 2 rings (SSSR count). The summed E-state index contributed by atoms with van der Waals surface area (Å²) in [6.07, 6.45) is 0.882. The maximum atomic E-state index is 11.5. The van der Waals surface area contributed by atoms with E-state index in [1.807, 2.05) is 18.2 Å². The number of rotatable bonds is 6. The normalized spacial score (nSPS) is 14.9. The molecular formula is C13H18N2O3. The van der Waals surface area contributed by atoms with E-state index in [0.29, 0.717) is 19.8 Å². The van der Waals surface area contributed by atoms with Crippen LogP contribution in [0.2, 0.25) is 0 Å². The standard InChI is InChI=1S/C13H18N2O3/c1-17-7-5-15-12(13(14)16)10-2-3-11-9(8-10)4-6-18-11/h2-3,8,12,15H,4-7H2,1H3,(H2,14,16). The molecule has 0 aromatic heterocycles. The molecule has 0 radical (unpaired) electrons. The number of fused-ring (bicyclic) bond motifs is 1. The summed E-state index contributed by atoms with van der Waals surface area (Å²) >= 11 is 0. The molecule has 5 nitrogen and oxygen atoms in total. The molecule has 0 fully saturated rings. The lowest BCUT2D eigenvalue weighted by Crippen LogP contribution is -2.35. The highest BCUT2D eigenvalue weighted by Crippen LogP contribution is 2.28. The van der Waals surface area contributed by atoms with Gasteiger partial charge in [0, 0.05) is 20.1 Å². The van der Waals surface area contributed by atoms with Gasteiger partial charge in [-0.1, -0.05) is 6.07 Å². The van der Waals surface area contributed by atoms with Crippen molar-refractivity contribution in [2.75, 3.05) is 26.9 Å². The molecule has 98 valence electrons. The highest BCUT2D eigenvalue weighted by molar-refractivity contribution is 5.81. The minimum Gasteiger partial charge on any atom is -0.493 e. The van der Waals surface area contributed by atoms with Gasteiger partial charge in [-0.3, -0.25) is 10.1 Å². The summed E-state index contributed by atoms with van der Waals surface area (Å²) in [5.41, 5.74) is 7.43. The number of primary amides is 1. The number of ether oxygens (including phenoxy) is 2. The van der Waals surface area contributed by atoms with Crippen molar-refractivity contribution in [2.24, 2.45) is 5.73 Å². The average molecular weight is 250 g/mol. The van der Waals surface area contributed by atoms with Gasteiger partial charge in [0.2, 0.25) is 5.91 Å². The van der Waals surface area contributed by atoms with Gasteiger partial charge in [-0.05, 0) is 23.3 Å². The summed E-state index contributed by atoms with van der Waals surface area (Å²) in [6, 6.07) is 5.27. The molecule has 0 spiro atoms. The molecule has 1 atom stereocenters. The highest BCUT2D eigenvalue weighted by Gasteiger charge is 2.20. The Morgan fingerprint density at radius 1 is 1.61 bits per heavy atom. The molecule has 1 aliphatic rings. The first kappa shape index (κ1) is 12.9. The third-order valence-electron chi connectivity index (χ3n) is 2.99. The molecule has 0 aliphatic carbocycles. The summed E-state index contributed by atoms with van der Waals surface area (Å²) in [7, 11) is 1.62. The second-order valence-electron chi connectivity index (χ2n) is 4.25. The van der Waals surface area contributed by atoms with E-state index in [9.17, 15) is 4.79 Å². The van der Waals surface area contributed by atoms with Crippen molar-refractivity contribution in [3.05, 3.63) is 29.3 Å². The monoisotopic (exact) mass is 250 g/mol. The third-order valence-corrected chi connectivity index (χ3v) is 2.99. The topological polar surface area (TPSA) is 73.6 Å². The Morgan fingerprint density at radius 3 is 3.17 bits per heavy atom. The van der Waals surface area contributed by atoms with Gasteiger partial charge in [0.15, 0.2) is 0 Å². The summed E-state index contributed by atoms with van der Waals surface area (Å²) < 4.78 is 10.4. The minimum absolute atomic E-state index is 0.384. The molecule has 1 aliphatic heterocycles. The Balaban J connectivity index is 2.12. The molecule has 18 heavy (non-hydrogen) atoms. The van der Waals surface area contributed by atoms with Crippen LogP contribution in [-0.4, -0.2) is 32.8 Å². The Labute approximate surface area is 106 Å². The highest BCUT2D eigenvalue weighted by atomic mass is 16.5. The molecule has 1 aromatic rings. The fraction of sp³-hybridized carbons (Fsp3) is 0.462. The molecule has 1 amide bonds. The van der Waals surface area contributed by atoms with Crippen LogP contribution in [0.15, 0.2) is 18.2 Å². The van der Waals surface area contributed by atoms with E-state index < -0.39 is 6.04 Å². The van der Waals surface area contributed by atoms with Crippen LogP contribution in [0.25, 0.3) is 0 Å². The number of hydrogen-bond acceptors (Lipinski definition) is 4. The zero-order valence-electron chi connectivity index (χ0n) is 10.4. The van der Waals surface area contributed by atoms with Crippen molar-refractivity contribution in [2.45, 2.75) is 12.5 Å². The smallest absolute Gasteiger partial charge is 0.239 e. The molecule has 3 N–H and O–H groups in total. The second kappa shape index (κ2) is 5.84. The number of nitrogens with two attached hydrogens (primary N) is 1. The molecule has 1 aromatic carbocycles. The Hall–Kier alpha value is -1.59. The van der Waals surface area contributed by atoms with E-state index >= 15 is 0 Å². The zero-order valence-corrected chi connectivity index (χ0v) is 10.4. The fourth-order valence-corrected chi connectivity index (χ4v) is 2.07. The van der Waals surface area contributed by atoms with E-state index in [2.05, 4.69) is 5.32 Å². The first-order chi connectivity index (χ1) is 8.72. The van der Waals surface area contributed by atoms with Crippen LogP contribution in [0.4, 0.5) is 0 Å². The molecule has 5 heteroatoms. The SMILES string of the molecule is COCCNC(C(N)=O)c1ccc2c(c1)CCO2. The first-order valence-corrected chi connectivity index (χ1v) is 5.99. The van der Waals surface area contributed by atoms with Crippen LogP contribution in [0.1, 0.15) is 17.2 Å². The molecule has 1 heterocycles. The number of benzene rings is 1. The summed E-state index contributed by atoms with van der Waals surface area (Å²) in [6.45, 7) is 1.83. The molecular weight excluding hydrogens is 232 g/mol. The van der Waals surface area contributed by atoms with Crippen LogP contribution < -0.4 is 15.8 Å². The van der Waals surface area contributed by atoms with Gasteiger partial charge in [0.25, 0.3) is 0 Å². The van der Waals surface area contributed by atoms with E-state index in [4.69, 9.17) is 15.2 Å². The lowest BCUT2D eigenvalue weighted by Gasteiger charge is -2.16. The average Bonchev–Trinajstić information content (AvgIpc) is 2.81. The second-order valence-corrected chi connectivity index (χ2v) is 4.25. The van der Waals surface area contributed by atoms with Gasteiger partial charge < -0.3 is 15.2 Å². The summed E-state index contributed by atoms with van der Waals surface area (Å²) in [5, 5.41) is 3.09. The zero-order chi connectivity index (χ0) is 13.0. The van der Waals surface area contributed by atoms with Crippen LogP contribution in [0.3, 0.4) is 0 Å². The molecule has 0 bridgehead atoms. The van der Waals surface area contributed by atoms with Gasteiger partial charge in [-0.2, -0.15) is 0 Å². The maximum Gasteiger partial charge on any atom is 0.239 e. The van der Waals surface area contributed by atoms with Gasteiger partial charge in [0.1, 0.15) is 11.8 Å². The van der Waals surface area contributed by atoms with E-state index in [1.165, 1.54) is 0 Å². The summed E-state index contributed by atoms with van der Waals surface area (Å²) in [5.74, 6) is 0.517. The largest absolute Gasteiger partial charge is 0.493 e. The number of amides is 1. The van der Waals surface area contributed by atoms with Gasteiger partial charge in [-0.15, -0.1) is 0 Å². The third kappa shape index (κ3) is 2.80. The molecule has 0 saturated carbocycles. The van der Waals surface area contributed by atoms with Crippen molar-refractivity contribution in [1.82, 2.24) is 5.32 Å². The lowest BCUT2D eigenvalue weighted by molar-refractivity contribution is -0.120. The van der Waals surface area contributed by atoms with Crippen LogP contribution in [-0.2, 0) is 16.0 Å². The Kier molecular flexibility index (Phi) is 4.17. The summed E-state index contributed by atoms with van der Waals surface area (Å²) in [4.78, 5) is 11.5. The van der Waals surface area contributed by atoms with E-state index in [1.54, 1.807) is 7.11 Å². The molecule has 0 saturated heterocycles. The van der Waals surface area contributed by atoms with Gasteiger partial charge in [0.05, 0.1) is 13.2 Å². The first-order valence-electron chi connectivity index (χ1n) is 5.99. The fourth-order valence-electron chi connectivity index (χ4n) is 2.07. The van der Waals surface area contributed by atoms with Crippen molar-refractivity contribution in [1.29, 1.82) is 0 Å². The number of nitrogens with one attached hydrogen (secondary N) is 1. The number of carbonyl (C=O) groups is 1. The van der Waals surface area contributed by atoms with Crippen LogP contribution in [0, 0.1) is 0 Å². The van der Waals surface area contributed by atoms with Gasteiger partial charge in [-0.25, -0.2) is 0 Å². The van der Waals surface area contributed by atoms with Crippen LogP contribution >= 0.6 is 0 Å². The predicted molar refractivity (Wildman–Crippen MR) is 67.5 cm³/mol. The Morgan fingerprint density at radius 2 is 2.44 bits per heavy atom. The van der Waals surface area contributed by atoms with Crippen molar-refractivity contribution >= 4 is 5.91 Å². The quantitative estimate of drug-likeness (QED) is 0.716. The molecule has 1 unspecified atom stereocenters. The maximum absolute atomic E-state index is 11.5. The number of methoxy groups -OCH3 is 1. The minimum atomic E-state index is -0.481. The van der Waals surface area contributed by atoms with Crippen molar-refractivity contribution in [3.8, 4) is 5.75 Å². The number of hydrogen-bond donors (Lipinski definition) is 2. The Bertz CT molecular complexity index is 434. The van der Waals surface area contributed by atoms with Crippen molar-refractivity contribution in [3.63, 3.8) is 0 Å². The van der Waals surface area contributed by atoms with E-state index in [0.717, 1.165) is 23.3 Å². The van der Waals surface area contributed by atoms with Crippen molar-refractivity contribution < 1.29 is 14.3 Å². The predicted octanol–water partition coefficient (Wildman–Crippen LogP) is 0.384. The van der Waals surface area contributed by atoms with Gasteiger partial charge >= 0.3 is 0 Å². The van der Waals surface area contributed by atoms with Crippen LogP contribution in [0.5, 0.6) is 5.75 Å².